The van der Waals surface area contributed by atoms with E-state index >= 15 is 0 Å². The van der Waals surface area contributed by atoms with E-state index in [2.05, 4.69) is 22.6 Å². The molecule has 3 heterocycles. The molecule has 3 aliphatic rings. The van der Waals surface area contributed by atoms with Crippen LogP contribution in [-0.4, -0.2) is 40.3 Å². The highest BCUT2D eigenvalue weighted by molar-refractivity contribution is 7.16. The second kappa shape index (κ2) is 10.1. The molecule has 0 bridgehead atoms. The summed E-state index contributed by atoms with van der Waals surface area (Å²) in [5.41, 5.74) is 0.687. The van der Waals surface area contributed by atoms with E-state index in [1.807, 2.05) is 12.1 Å². The molecule has 2 saturated carbocycles. The summed E-state index contributed by atoms with van der Waals surface area (Å²) in [4.78, 5) is 36.6. The summed E-state index contributed by atoms with van der Waals surface area (Å²) in [6.07, 6.45) is 14.7. The van der Waals surface area contributed by atoms with Crippen LogP contribution in [0.15, 0.2) is 36.7 Å². The molecular formula is C26H31N5O2S. The van der Waals surface area contributed by atoms with Crippen LogP contribution in [-0.2, 0) is 9.59 Å². The molecule has 178 valence electrons. The number of anilines is 1. The number of carbonyl (C=O) groups is 2. The number of aromatic nitrogens is 1. The Hall–Kier alpha value is -2.92. The zero-order valence-corrected chi connectivity index (χ0v) is 20.2. The van der Waals surface area contributed by atoms with Crippen LogP contribution in [0.3, 0.4) is 0 Å². The lowest BCUT2D eigenvalue weighted by Gasteiger charge is -2.34. The standard InChI is InChI=1S/C26H31N5O2S/c27-17-30-15-5-9-21(30)26(33)31(23-13-12-22(34-23)18-10-11-18)24(19-6-4-14-28-16-19)25(32)29-20-7-2-1-3-8-20/h4,6,12-14,16,18,20-21,24H,1-3,5,7-11,15H2,(H,29,32). The van der Waals surface area contributed by atoms with E-state index < -0.39 is 12.1 Å². The Morgan fingerprint density at radius 1 is 1.12 bits per heavy atom. The Kier molecular flexibility index (Phi) is 6.82. The fourth-order valence-electron chi connectivity index (χ4n) is 5.21. The van der Waals surface area contributed by atoms with Gasteiger partial charge in [-0.15, -0.1) is 11.3 Å². The summed E-state index contributed by atoms with van der Waals surface area (Å²) >= 11 is 1.60. The lowest BCUT2D eigenvalue weighted by Crippen LogP contribution is -2.51. The molecule has 0 radical (unpaired) electrons. The van der Waals surface area contributed by atoms with E-state index in [0.717, 1.165) is 37.1 Å². The van der Waals surface area contributed by atoms with Gasteiger partial charge in [-0.2, -0.15) is 5.26 Å². The molecule has 2 aliphatic carbocycles. The molecule has 8 heteroatoms. The number of pyridine rings is 1. The quantitative estimate of drug-likeness (QED) is 0.594. The number of nitriles is 1. The van der Waals surface area contributed by atoms with Crippen LogP contribution in [0.4, 0.5) is 5.00 Å². The Morgan fingerprint density at radius 2 is 1.94 bits per heavy atom. The molecular weight excluding hydrogens is 446 g/mol. The molecule has 2 aromatic heterocycles. The third kappa shape index (κ3) is 4.80. The maximum Gasteiger partial charge on any atom is 0.252 e. The van der Waals surface area contributed by atoms with Gasteiger partial charge >= 0.3 is 0 Å². The number of rotatable bonds is 7. The SMILES string of the molecule is N#CN1CCCC1C(=O)N(c1ccc(C2CC2)s1)C(C(=O)NC1CCCCC1)c1cccnc1. The second-order valence-electron chi connectivity index (χ2n) is 9.64. The number of amides is 2. The van der Waals surface area contributed by atoms with Gasteiger partial charge in [0.2, 0.25) is 5.91 Å². The summed E-state index contributed by atoms with van der Waals surface area (Å²) < 4.78 is 0. The van der Waals surface area contributed by atoms with Gasteiger partial charge in [-0.3, -0.25) is 24.4 Å². The summed E-state index contributed by atoms with van der Waals surface area (Å²) in [6, 6.07) is 6.50. The molecule has 34 heavy (non-hydrogen) atoms. The first kappa shape index (κ1) is 22.9. The number of nitrogens with one attached hydrogen (secondary N) is 1. The van der Waals surface area contributed by atoms with Gasteiger partial charge in [0.15, 0.2) is 6.19 Å². The highest BCUT2D eigenvalue weighted by Crippen LogP contribution is 2.46. The van der Waals surface area contributed by atoms with Gasteiger partial charge in [0.05, 0.1) is 5.00 Å². The summed E-state index contributed by atoms with van der Waals surface area (Å²) in [5.74, 6) is 0.206. The van der Waals surface area contributed by atoms with Crippen molar-refractivity contribution in [3.63, 3.8) is 0 Å². The Morgan fingerprint density at radius 3 is 2.65 bits per heavy atom. The molecule has 1 aliphatic heterocycles. The van der Waals surface area contributed by atoms with Crippen molar-refractivity contribution in [1.29, 1.82) is 5.26 Å². The summed E-state index contributed by atoms with van der Waals surface area (Å²) in [5, 5.41) is 13.6. The largest absolute Gasteiger partial charge is 0.351 e. The van der Waals surface area contributed by atoms with Crippen LogP contribution < -0.4 is 10.2 Å². The lowest BCUT2D eigenvalue weighted by atomic mass is 9.94. The molecule has 2 atom stereocenters. The molecule has 2 unspecified atom stereocenters. The fourth-order valence-corrected chi connectivity index (χ4v) is 6.42. The topological polar surface area (TPSA) is 89.3 Å². The lowest BCUT2D eigenvalue weighted by molar-refractivity contribution is -0.128. The minimum atomic E-state index is -0.824. The van der Waals surface area contributed by atoms with E-state index in [4.69, 9.17) is 0 Å². The Balaban J connectivity index is 1.53. The van der Waals surface area contributed by atoms with Gasteiger partial charge in [0, 0.05) is 35.4 Å². The van der Waals surface area contributed by atoms with Crippen LogP contribution in [0.2, 0.25) is 0 Å². The van der Waals surface area contributed by atoms with Gasteiger partial charge in [0.1, 0.15) is 12.1 Å². The number of hydrogen-bond donors (Lipinski definition) is 1. The van der Waals surface area contributed by atoms with E-state index in [1.165, 1.54) is 24.1 Å². The number of thiophene rings is 1. The highest BCUT2D eigenvalue weighted by atomic mass is 32.1. The smallest absolute Gasteiger partial charge is 0.252 e. The molecule has 1 N–H and O–H groups in total. The van der Waals surface area contributed by atoms with Gasteiger partial charge in [-0.1, -0.05) is 25.3 Å². The molecule has 2 amide bonds. The molecule has 3 fully saturated rings. The first-order valence-electron chi connectivity index (χ1n) is 12.4. The normalized spacial score (nSPS) is 21.6. The van der Waals surface area contributed by atoms with Gasteiger partial charge < -0.3 is 5.32 Å². The molecule has 2 aromatic rings. The number of nitrogens with zero attached hydrogens (tertiary/aromatic N) is 4. The van der Waals surface area contributed by atoms with Crippen molar-refractivity contribution in [1.82, 2.24) is 15.2 Å². The summed E-state index contributed by atoms with van der Waals surface area (Å²) in [7, 11) is 0. The van der Waals surface area contributed by atoms with Crippen molar-refractivity contribution in [2.24, 2.45) is 0 Å². The third-order valence-electron chi connectivity index (χ3n) is 7.19. The first-order chi connectivity index (χ1) is 16.7. The molecule has 7 nitrogen and oxygen atoms in total. The average Bonchev–Trinajstić information content (AvgIpc) is 3.40. The number of likely N-dealkylation sites (tertiary alicyclic amines) is 1. The summed E-state index contributed by atoms with van der Waals surface area (Å²) in [6.45, 7) is 0.574. The predicted molar refractivity (Wildman–Crippen MR) is 131 cm³/mol. The Labute approximate surface area is 204 Å². The van der Waals surface area contributed by atoms with Crippen molar-refractivity contribution in [2.75, 3.05) is 11.4 Å². The number of hydrogen-bond acceptors (Lipinski definition) is 6. The predicted octanol–water partition coefficient (Wildman–Crippen LogP) is 4.49. The van der Waals surface area contributed by atoms with Gasteiger partial charge in [-0.05, 0) is 62.6 Å². The van der Waals surface area contributed by atoms with E-state index in [-0.39, 0.29) is 17.9 Å². The molecule has 1 saturated heterocycles. The minimum absolute atomic E-state index is 0.129. The second-order valence-corrected chi connectivity index (χ2v) is 10.7. The monoisotopic (exact) mass is 477 g/mol. The fraction of sp³-hybridized carbons (Fsp3) is 0.538. The zero-order chi connectivity index (χ0) is 23.5. The van der Waals surface area contributed by atoms with E-state index in [0.29, 0.717) is 24.4 Å². The van der Waals surface area contributed by atoms with Crippen LogP contribution in [0.5, 0.6) is 0 Å². The van der Waals surface area contributed by atoms with Gasteiger partial charge in [-0.25, -0.2) is 0 Å². The van der Waals surface area contributed by atoms with Crippen molar-refractivity contribution < 1.29 is 9.59 Å². The zero-order valence-electron chi connectivity index (χ0n) is 19.4. The maximum atomic E-state index is 14.1. The van der Waals surface area contributed by atoms with E-state index in [1.54, 1.807) is 39.6 Å². The van der Waals surface area contributed by atoms with Crippen molar-refractivity contribution in [3.8, 4) is 6.19 Å². The maximum absolute atomic E-state index is 14.1. The van der Waals surface area contributed by atoms with Crippen LogP contribution in [0.25, 0.3) is 0 Å². The third-order valence-corrected chi connectivity index (χ3v) is 8.44. The van der Waals surface area contributed by atoms with Crippen LogP contribution in [0, 0.1) is 11.5 Å². The van der Waals surface area contributed by atoms with Crippen LogP contribution >= 0.6 is 11.3 Å². The van der Waals surface area contributed by atoms with E-state index in [9.17, 15) is 14.9 Å². The van der Waals surface area contributed by atoms with Crippen molar-refractivity contribution in [2.45, 2.75) is 81.8 Å². The Bertz CT molecular complexity index is 1050. The highest BCUT2D eigenvalue weighted by Gasteiger charge is 2.41. The van der Waals surface area contributed by atoms with Crippen molar-refractivity contribution in [3.05, 3.63) is 47.1 Å². The average molecular weight is 478 g/mol. The molecule has 0 aromatic carbocycles. The van der Waals surface area contributed by atoms with Crippen LogP contribution in [0.1, 0.15) is 80.2 Å². The minimum Gasteiger partial charge on any atom is -0.351 e. The van der Waals surface area contributed by atoms with Gasteiger partial charge in [0.25, 0.3) is 5.91 Å². The number of carbonyl (C=O) groups excluding carboxylic acids is 2. The van der Waals surface area contributed by atoms with Crippen molar-refractivity contribution >= 4 is 28.2 Å². The molecule has 0 spiro atoms. The molecule has 5 rings (SSSR count). The first-order valence-corrected chi connectivity index (χ1v) is 13.3.